The Morgan fingerprint density at radius 1 is 1.07 bits per heavy atom. The molecule has 2 rings (SSSR count). The highest BCUT2D eigenvalue weighted by atomic mass is 16.5. The van der Waals surface area contributed by atoms with Gasteiger partial charge in [-0.1, -0.05) is 45.1 Å². The van der Waals surface area contributed by atoms with E-state index in [1.807, 2.05) is 31.2 Å². The lowest BCUT2D eigenvalue weighted by Gasteiger charge is -2.42. The van der Waals surface area contributed by atoms with E-state index in [1.165, 1.54) is 0 Å². The minimum atomic E-state index is -0.533. The van der Waals surface area contributed by atoms with Crippen molar-refractivity contribution in [3.8, 4) is 0 Å². The van der Waals surface area contributed by atoms with Crippen molar-refractivity contribution >= 4 is 5.97 Å². The first kappa shape index (κ1) is 21.9. The van der Waals surface area contributed by atoms with Gasteiger partial charge in [-0.15, -0.1) is 0 Å². The molecule has 0 bridgehead atoms. The Hall–Kier alpha value is -1.39. The van der Waals surface area contributed by atoms with Gasteiger partial charge in [0.2, 0.25) is 0 Å². The topological polar surface area (TPSA) is 61.6 Å². The Labute approximate surface area is 164 Å². The van der Waals surface area contributed by atoms with Gasteiger partial charge in [0, 0.05) is 5.54 Å². The van der Waals surface area contributed by atoms with E-state index < -0.39 is 5.54 Å². The molecule has 0 saturated heterocycles. The zero-order chi connectivity index (χ0) is 20.3. The van der Waals surface area contributed by atoms with Crippen molar-refractivity contribution < 1.29 is 14.3 Å². The molecule has 2 aliphatic carbocycles. The molecule has 1 fully saturated rings. The second kappa shape index (κ2) is 8.32. The maximum Gasteiger partial charge on any atom is 0.338 e. The van der Waals surface area contributed by atoms with Crippen molar-refractivity contribution in [2.75, 3.05) is 0 Å². The van der Waals surface area contributed by atoms with Crippen LogP contribution in [0.15, 0.2) is 36.0 Å². The Kier molecular flexibility index (Phi) is 6.75. The predicted octanol–water partition coefficient (Wildman–Crippen LogP) is 4.84. The van der Waals surface area contributed by atoms with E-state index in [4.69, 9.17) is 15.2 Å². The van der Waals surface area contributed by atoms with Gasteiger partial charge in [0.15, 0.2) is 0 Å². The number of allylic oxidation sites excluding steroid dienone is 2. The van der Waals surface area contributed by atoms with Gasteiger partial charge in [-0.3, -0.25) is 0 Å². The third kappa shape index (κ3) is 6.32. The van der Waals surface area contributed by atoms with E-state index in [0.717, 1.165) is 25.7 Å². The van der Waals surface area contributed by atoms with Crippen LogP contribution in [0.4, 0.5) is 0 Å². The average molecular weight is 376 g/mol. The van der Waals surface area contributed by atoms with Crippen LogP contribution in [0, 0.1) is 5.41 Å². The van der Waals surface area contributed by atoms with Crippen LogP contribution in [0.5, 0.6) is 0 Å². The Morgan fingerprint density at radius 3 is 2.26 bits per heavy atom. The fourth-order valence-corrected chi connectivity index (χ4v) is 3.14. The number of rotatable bonds is 4. The summed E-state index contributed by atoms with van der Waals surface area (Å²) in [6.45, 7) is 12.8. The number of carbonyl (C=O) groups excluding carboxylic acids is 1. The van der Waals surface area contributed by atoms with Gasteiger partial charge in [0.25, 0.3) is 0 Å². The molecule has 27 heavy (non-hydrogen) atoms. The Bertz CT molecular complexity index is 612. The summed E-state index contributed by atoms with van der Waals surface area (Å²) in [5, 5.41) is 0. The SMILES string of the molecule is CC1(N)C=C/C(C(=O)OC2CCC(OC(C)(C)C(C)(C)C)CC2)=C\C/C=C\1. The molecule has 0 radical (unpaired) electrons. The molecule has 1 saturated carbocycles. The maximum absolute atomic E-state index is 12.5. The van der Waals surface area contributed by atoms with E-state index in [2.05, 4.69) is 34.6 Å². The molecule has 0 amide bonds. The quantitative estimate of drug-likeness (QED) is 0.564. The first-order chi connectivity index (χ1) is 12.4. The lowest BCUT2D eigenvalue weighted by Crippen LogP contribution is -2.43. The fraction of sp³-hybridized carbons (Fsp3) is 0.696. The number of hydrogen-bond acceptors (Lipinski definition) is 4. The highest BCUT2D eigenvalue weighted by Crippen LogP contribution is 2.37. The van der Waals surface area contributed by atoms with Crippen molar-refractivity contribution in [1.82, 2.24) is 0 Å². The molecule has 4 heteroatoms. The summed E-state index contributed by atoms with van der Waals surface area (Å²) >= 11 is 0. The number of nitrogens with two attached hydrogens (primary N) is 1. The van der Waals surface area contributed by atoms with Crippen LogP contribution in [0.2, 0.25) is 0 Å². The van der Waals surface area contributed by atoms with E-state index in [-0.39, 0.29) is 29.2 Å². The molecular weight excluding hydrogens is 338 g/mol. The van der Waals surface area contributed by atoms with E-state index in [1.54, 1.807) is 6.08 Å². The molecule has 0 aromatic carbocycles. The van der Waals surface area contributed by atoms with Crippen LogP contribution >= 0.6 is 0 Å². The van der Waals surface area contributed by atoms with Gasteiger partial charge in [0.05, 0.1) is 17.3 Å². The number of ether oxygens (including phenoxy) is 2. The highest BCUT2D eigenvalue weighted by Gasteiger charge is 2.37. The molecule has 1 atom stereocenters. The molecule has 2 aliphatic rings. The summed E-state index contributed by atoms with van der Waals surface area (Å²) in [4.78, 5) is 12.5. The van der Waals surface area contributed by atoms with Crippen LogP contribution in [-0.2, 0) is 14.3 Å². The number of carbonyl (C=O) groups is 1. The van der Waals surface area contributed by atoms with Crippen LogP contribution in [0.1, 0.15) is 73.6 Å². The molecule has 0 spiro atoms. The van der Waals surface area contributed by atoms with Crippen LogP contribution in [0.3, 0.4) is 0 Å². The predicted molar refractivity (Wildman–Crippen MR) is 110 cm³/mol. The Balaban J connectivity index is 1.87. The monoisotopic (exact) mass is 375 g/mol. The summed E-state index contributed by atoms with van der Waals surface area (Å²) in [7, 11) is 0. The first-order valence-corrected chi connectivity index (χ1v) is 10.1. The third-order valence-electron chi connectivity index (χ3n) is 5.97. The maximum atomic E-state index is 12.5. The molecular formula is C23H37NO3. The second-order valence-corrected chi connectivity index (χ2v) is 9.68. The molecule has 0 aliphatic heterocycles. The van der Waals surface area contributed by atoms with Crippen LogP contribution < -0.4 is 5.73 Å². The van der Waals surface area contributed by atoms with Crippen molar-refractivity contribution in [3.05, 3.63) is 36.0 Å². The summed E-state index contributed by atoms with van der Waals surface area (Å²) in [6.07, 6.45) is 13.9. The van der Waals surface area contributed by atoms with Gasteiger partial charge < -0.3 is 15.2 Å². The van der Waals surface area contributed by atoms with Gasteiger partial charge in [-0.05, 0) is 64.4 Å². The third-order valence-corrected chi connectivity index (χ3v) is 5.97. The number of hydrogen-bond donors (Lipinski definition) is 1. The standard InChI is InChI=1S/C23H37NO3/c1-21(2,3)22(4,5)27-19-12-10-18(11-13-19)26-20(25)17-9-7-8-15-23(6,24)16-14-17/h8-9,14-16,18-19H,7,10-13,24H2,1-6H3/b15-8-,16-14?,17-9+. The normalized spacial score (nSPS) is 32.8. The second-order valence-electron chi connectivity index (χ2n) is 9.68. The lowest BCUT2D eigenvalue weighted by molar-refractivity contribution is -0.158. The Morgan fingerprint density at radius 2 is 1.67 bits per heavy atom. The van der Waals surface area contributed by atoms with Crippen molar-refractivity contribution in [1.29, 1.82) is 0 Å². The molecule has 1 unspecified atom stereocenters. The summed E-state index contributed by atoms with van der Waals surface area (Å²) in [5.41, 5.74) is 6.08. The average Bonchev–Trinajstić information content (AvgIpc) is 2.52. The largest absolute Gasteiger partial charge is 0.459 e. The van der Waals surface area contributed by atoms with Gasteiger partial charge >= 0.3 is 5.97 Å². The van der Waals surface area contributed by atoms with Gasteiger partial charge in [-0.2, -0.15) is 0 Å². The van der Waals surface area contributed by atoms with Gasteiger partial charge in [-0.25, -0.2) is 4.79 Å². The van der Waals surface area contributed by atoms with Crippen molar-refractivity contribution in [3.63, 3.8) is 0 Å². The van der Waals surface area contributed by atoms with E-state index in [9.17, 15) is 4.79 Å². The fourth-order valence-electron chi connectivity index (χ4n) is 3.14. The van der Waals surface area contributed by atoms with Gasteiger partial charge in [0.1, 0.15) is 6.10 Å². The van der Waals surface area contributed by atoms with Crippen LogP contribution in [-0.4, -0.2) is 29.3 Å². The minimum Gasteiger partial charge on any atom is -0.459 e. The summed E-state index contributed by atoms with van der Waals surface area (Å²) in [6, 6.07) is 0. The summed E-state index contributed by atoms with van der Waals surface area (Å²) in [5.74, 6) is -0.253. The smallest absolute Gasteiger partial charge is 0.338 e. The zero-order valence-corrected chi connectivity index (χ0v) is 17.9. The van der Waals surface area contributed by atoms with E-state index >= 15 is 0 Å². The number of esters is 1. The zero-order valence-electron chi connectivity index (χ0n) is 17.9. The van der Waals surface area contributed by atoms with Crippen molar-refractivity contribution in [2.45, 2.75) is 97.0 Å². The van der Waals surface area contributed by atoms with E-state index in [0.29, 0.717) is 12.0 Å². The first-order valence-electron chi connectivity index (χ1n) is 10.1. The molecule has 0 aromatic heterocycles. The molecule has 0 heterocycles. The minimum absolute atomic E-state index is 0.0327. The molecule has 4 nitrogen and oxygen atoms in total. The van der Waals surface area contributed by atoms with Crippen LogP contribution in [0.25, 0.3) is 0 Å². The lowest BCUT2D eigenvalue weighted by atomic mass is 9.78. The molecule has 152 valence electrons. The highest BCUT2D eigenvalue weighted by molar-refractivity contribution is 5.91. The molecule has 2 N–H and O–H groups in total. The van der Waals surface area contributed by atoms with Crippen molar-refractivity contribution in [2.24, 2.45) is 11.1 Å². The molecule has 0 aromatic rings. The summed E-state index contributed by atoms with van der Waals surface area (Å²) < 4.78 is 12.1.